The Labute approximate surface area is 139 Å². The summed E-state index contributed by atoms with van der Waals surface area (Å²) in [5.41, 5.74) is 1.69. The van der Waals surface area contributed by atoms with E-state index in [0.29, 0.717) is 11.6 Å². The number of benzene rings is 2. The zero-order valence-electron chi connectivity index (χ0n) is 12.6. The van der Waals surface area contributed by atoms with Crippen molar-refractivity contribution in [3.8, 4) is 0 Å². The third-order valence-corrected chi connectivity index (χ3v) is 5.06. The topological polar surface area (TPSA) is 40.6 Å². The molecule has 1 atom stereocenters. The summed E-state index contributed by atoms with van der Waals surface area (Å²) in [7, 11) is 1.54. The summed E-state index contributed by atoms with van der Waals surface area (Å²) < 4.78 is 0. The molecular formula is C18H15ClN2O2. The highest BCUT2D eigenvalue weighted by Crippen LogP contribution is 2.46. The summed E-state index contributed by atoms with van der Waals surface area (Å²) in [6.45, 7) is 0.522. The van der Waals surface area contributed by atoms with Gasteiger partial charge in [-0.25, -0.2) is 4.79 Å². The van der Waals surface area contributed by atoms with Gasteiger partial charge in [0.15, 0.2) is 5.54 Å². The lowest BCUT2D eigenvalue weighted by Gasteiger charge is -2.41. The maximum absolute atomic E-state index is 13.2. The zero-order valence-corrected chi connectivity index (χ0v) is 13.4. The smallest absolute Gasteiger partial charge is 0.301 e. The summed E-state index contributed by atoms with van der Waals surface area (Å²) in [5, 5.41) is 0.603. The molecule has 3 amide bonds. The van der Waals surface area contributed by atoms with Gasteiger partial charge in [-0.2, -0.15) is 0 Å². The molecule has 23 heavy (non-hydrogen) atoms. The molecule has 0 spiro atoms. The number of rotatable bonds is 1. The first-order chi connectivity index (χ1) is 11.1. The van der Waals surface area contributed by atoms with Crippen molar-refractivity contribution >= 4 is 23.5 Å². The van der Waals surface area contributed by atoms with Crippen LogP contribution in [-0.2, 0) is 16.8 Å². The van der Waals surface area contributed by atoms with E-state index >= 15 is 0 Å². The monoisotopic (exact) mass is 326 g/mol. The van der Waals surface area contributed by atoms with Gasteiger partial charge in [0.1, 0.15) is 0 Å². The minimum atomic E-state index is -1.08. The number of halogens is 1. The second kappa shape index (κ2) is 4.83. The summed E-state index contributed by atoms with van der Waals surface area (Å²) in [6.07, 6.45) is 0.748. The van der Waals surface area contributed by atoms with Crippen molar-refractivity contribution in [1.82, 2.24) is 9.80 Å². The standard InChI is InChI=1S/C18H15ClN2O2/c1-20-16(22)18(13-6-8-14(19)9-7-13)15-5-3-2-4-12(15)10-11-21(18)17(20)23/h2-9H,10-11H2,1H3. The normalized spacial score (nSPS) is 23.0. The molecule has 116 valence electrons. The fraction of sp³-hybridized carbons (Fsp3) is 0.222. The number of nitrogens with zero attached hydrogens (tertiary/aromatic N) is 2. The van der Waals surface area contributed by atoms with Crippen LogP contribution in [-0.4, -0.2) is 35.3 Å². The number of imide groups is 1. The quantitative estimate of drug-likeness (QED) is 0.756. The van der Waals surface area contributed by atoms with Crippen molar-refractivity contribution in [2.24, 2.45) is 0 Å². The first kappa shape index (κ1) is 14.3. The Hall–Kier alpha value is -2.33. The van der Waals surface area contributed by atoms with Gasteiger partial charge in [0, 0.05) is 18.6 Å². The van der Waals surface area contributed by atoms with Crippen molar-refractivity contribution in [1.29, 1.82) is 0 Å². The number of carbonyl (C=O) groups is 2. The minimum absolute atomic E-state index is 0.211. The Morgan fingerprint density at radius 3 is 2.48 bits per heavy atom. The molecule has 2 aromatic carbocycles. The Balaban J connectivity index is 2.06. The van der Waals surface area contributed by atoms with Crippen molar-refractivity contribution in [2.75, 3.05) is 13.6 Å². The van der Waals surface area contributed by atoms with Gasteiger partial charge in [-0.1, -0.05) is 48.0 Å². The Morgan fingerprint density at radius 1 is 1.04 bits per heavy atom. The predicted molar refractivity (Wildman–Crippen MR) is 87.3 cm³/mol. The fourth-order valence-electron chi connectivity index (χ4n) is 3.74. The molecule has 2 aliphatic rings. The van der Waals surface area contributed by atoms with Gasteiger partial charge in [0.25, 0.3) is 5.91 Å². The van der Waals surface area contributed by atoms with Gasteiger partial charge in [-0.15, -0.1) is 0 Å². The number of hydrogen-bond acceptors (Lipinski definition) is 2. The summed E-state index contributed by atoms with van der Waals surface area (Å²) in [6, 6.07) is 14.8. The van der Waals surface area contributed by atoms with E-state index in [-0.39, 0.29) is 11.9 Å². The number of likely N-dealkylation sites (N-methyl/N-ethyl adjacent to an activating group) is 1. The van der Waals surface area contributed by atoms with E-state index in [2.05, 4.69) is 0 Å². The van der Waals surface area contributed by atoms with E-state index in [1.54, 1.807) is 24.1 Å². The molecule has 0 radical (unpaired) electrons. The molecule has 4 rings (SSSR count). The van der Waals surface area contributed by atoms with Gasteiger partial charge in [0.05, 0.1) is 0 Å². The van der Waals surface area contributed by atoms with Gasteiger partial charge in [0.2, 0.25) is 0 Å². The molecule has 4 nitrogen and oxygen atoms in total. The number of amides is 3. The molecular weight excluding hydrogens is 312 g/mol. The van der Waals surface area contributed by atoms with Crippen molar-refractivity contribution in [3.05, 3.63) is 70.2 Å². The lowest BCUT2D eigenvalue weighted by atomic mass is 9.76. The van der Waals surface area contributed by atoms with Gasteiger partial charge >= 0.3 is 6.03 Å². The van der Waals surface area contributed by atoms with E-state index in [9.17, 15) is 9.59 Å². The van der Waals surface area contributed by atoms with Crippen molar-refractivity contribution in [3.63, 3.8) is 0 Å². The largest absolute Gasteiger partial charge is 0.327 e. The van der Waals surface area contributed by atoms with Crippen LogP contribution in [0.2, 0.25) is 5.02 Å². The number of fused-ring (bicyclic) bond motifs is 3. The second-order valence-electron chi connectivity index (χ2n) is 5.92. The highest BCUT2D eigenvalue weighted by Gasteiger charge is 2.60. The molecule has 5 heteroatoms. The van der Waals surface area contributed by atoms with E-state index in [4.69, 9.17) is 11.6 Å². The third-order valence-electron chi connectivity index (χ3n) is 4.81. The zero-order chi connectivity index (χ0) is 16.2. The SMILES string of the molecule is CN1C(=O)N2CCc3ccccc3C2(c2ccc(Cl)cc2)C1=O. The summed E-state index contributed by atoms with van der Waals surface area (Å²) in [5.74, 6) is -0.211. The predicted octanol–water partition coefficient (Wildman–Crippen LogP) is 3.03. The van der Waals surface area contributed by atoms with Crippen LogP contribution in [0.4, 0.5) is 4.79 Å². The van der Waals surface area contributed by atoms with Gasteiger partial charge < -0.3 is 4.90 Å². The number of carbonyl (C=O) groups excluding carboxylic acids is 2. The second-order valence-corrected chi connectivity index (χ2v) is 6.36. The van der Waals surface area contributed by atoms with Crippen LogP contribution in [0.3, 0.4) is 0 Å². The van der Waals surface area contributed by atoms with Gasteiger partial charge in [-0.05, 0) is 35.2 Å². The Bertz CT molecular complexity index is 818. The van der Waals surface area contributed by atoms with E-state index in [0.717, 1.165) is 23.1 Å². The first-order valence-corrected chi connectivity index (χ1v) is 7.89. The average Bonchev–Trinajstić information content (AvgIpc) is 2.78. The Kier molecular flexibility index (Phi) is 3.00. The van der Waals surface area contributed by atoms with Crippen LogP contribution < -0.4 is 0 Å². The van der Waals surface area contributed by atoms with E-state index in [1.807, 2.05) is 36.4 Å². The molecule has 0 aromatic heterocycles. The molecule has 2 aliphatic heterocycles. The molecule has 1 unspecified atom stereocenters. The highest BCUT2D eigenvalue weighted by molar-refractivity contribution is 6.30. The number of urea groups is 1. The lowest BCUT2D eigenvalue weighted by molar-refractivity contribution is -0.131. The van der Waals surface area contributed by atoms with Crippen molar-refractivity contribution < 1.29 is 9.59 Å². The molecule has 0 aliphatic carbocycles. The van der Waals surface area contributed by atoms with Crippen LogP contribution >= 0.6 is 11.6 Å². The van der Waals surface area contributed by atoms with Crippen molar-refractivity contribution in [2.45, 2.75) is 12.0 Å². The fourth-order valence-corrected chi connectivity index (χ4v) is 3.87. The van der Waals surface area contributed by atoms with E-state index in [1.165, 1.54) is 4.90 Å². The van der Waals surface area contributed by atoms with Crippen LogP contribution in [0.25, 0.3) is 0 Å². The van der Waals surface area contributed by atoms with Crippen LogP contribution in [0.1, 0.15) is 16.7 Å². The third kappa shape index (κ3) is 1.72. The molecule has 0 bridgehead atoms. The number of hydrogen-bond donors (Lipinski definition) is 0. The van der Waals surface area contributed by atoms with Gasteiger partial charge in [-0.3, -0.25) is 9.69 Å². The molecule has 0 N–H and O–H groups in total. The van der Waals surface area contributed by atoms with Crippen LogP contribution in [0, 0.1) is 0 Å². The molecule has 1 saturated heterocycles. The highest BCUT2D eigenvalue weighted by atomic mass is 35.5. The first-order valence-electron chi connectivity index (χ1n) is 7.51. The minimum Gasteiger partial charge on any atom is -0.301 e. The van der Waals surface area contributed by atoms with E-state index < -0.39 is 5.54 Å². The molecule has 2 aromatic rings. The lowest BCUT2D eigenvalue weighted by Crippen LogP contribution is -2.51. The maximum Gasteiger partial charge on any atom is 0.327 e. The molecule has 2 heterocycles. The van der Waals surface area contributed by atoms with Crippen LogP contribution in [0.15, 0.2) is 48.5 Å². The molecule has 0 saturated carbocycles. The summed E-state index contributed by atoms with van der Waals surface area (Å²) >= 11 is 6.01. The average molecular weight is 327 g/mol. The maximum atomic E-state index is 13.2. The summed E-state index contributed by atoms with van der Waals surface area (Å²) in [4.78, 5) is 28.7. The molecule has 1 fully saturated rings. The Morgan fingerprint density at radius 2 is 1.74 bits per heavy atom. The van der Waals surface area contributed by atoms with Crippen LogP contribution in [0.5, 0.6) is 0 Å².